The number of hydrogen-bond donors (Lipinski definition) is 0. The highest BCUT2D eigenvalue weighted by Gasteiger charge is 2.42. The molecule has 0 unspecified atom stereocenters. The van der Waals surface area contributed by atoms with Gasteiger partial charge < -0.3 is 4.90 Å². The van der Waals surface area contributed by atoms with Crippen LogP contribution < -0.4 is 4.90 Å². The summed E-state index contributed by atoms with van der Waals surface area (Å²) in [6, 6.07) is 15.9. The zero-order chi connectivity index (χ0) is 24.9. The smallest absolute Gasteiger partial charge is 0.264 e. The van der Waals surface area contributed by atoms with Crippen molar-refractivity contribution in [3.63, 3.8) is 0 Å². The Morgan fingerprint density at radius 1 is 1.00 bits per heavy atom. The van der Waals surface area contributed by atoms with Gasteiger partial charge in [-0.05, 0) is 61.1 Å². The number of allylic oxidation sites excluding steroid dienone is 3. The lowest BCUT2D eigenvalue weighted by molar-refractivity contribution is -0.142. The van der Waals surface area contributed by atoms with E-state index < -0.39 is 5.91 Å². The molecule has 35 heavy (non-hydrogen) atoms. The number of carbonyl (C=O) groups excluding carboxylic acids is 3. The third-order valence-electron chi connectivity index (χ3n) is 7.48. The SMILES string of the molecule is CC(=O)C1=C(C)/C(=C/C=C2/N3CCCc4cccc(c43)C2(C)C)C(=O)N(Cc2ccccc2)C1=O. The number of ketones is 1. The van der Waals surface area contributed by atoms with Gasteiger partial charge in [-0.15, -0.1) is 0 Å². The third kappa shape index (κ3) is 3.66. The zero-order valence-electron chi connectivity index (χ0n) is 20.7. The number of carbonyl (C=O) groups is 3. The van der Waals surface area contributed by atoms with E-state index in [0.29, 0.717) is 11.1 Å². The van der Waals surface area contributed by atoms with E-state index in [1.807, 2.05) is 42.5 Å². The van der Waals surface area contributed by atoms with E-state index in [2.05, 4.69) is 36.9 Å². The molecular formula is C30H30N2O3. The van der Waals surface area contributed by atoms with E-state index in [4.69, 9.17) is 0 Å². The van der Waals surface area contributed by atoms with Crippen molar-refractivity contribution in [2.75, 3.05) is 11.4 Å². The van der Waals surface area contributed by atoms with Gasteiger partial charge in [-0.3, -0.25) is 19.3 Å². The lowest BCUT2D eigenvalue weighted by atomic mass is 9.82. The molecule has 0 spiro atoms. The van der Waals surface area contributed by atoms with Crippen molar-refractivity contribution in [2.45, 2.75) is 52.5 Å². The minimum absolute atomic E-state index is 0.0828. The van der Waals surface area contributed by atoms with Gasteiger partial charge in [0, 0.05) is 28.9 Å². The van der Waals surface area contributed by atoms with Crippen LogP contribution in [0.25, 0.3) is 0 Å². The third-order valence-corrected chi connectivity index (χ3v) is 7.48. The quantitative estimate of drug-likeness (QED) is 0.361. The fourth-order valence-electron chi connectivity index (χ4n) is 5.68. The number of anilines is 1. The Labute approximate surface area is 206 Å². The molecule has 5 nitrogen and oxygen atoms in total. The average molecular weight is 467 g/mol. The Balaban J connectivity index is 1.60. The van der Waals surface area contributed by atoms with Crippen LogP contribution in [0.5, 0.6) is 0 Å². The van der Waals surface area contributed by atoms with E-state index in [1.165, 1.54) is 28.6 Å². The van der Waals surface area contributed by atoms with E-state index in [-0.39, 0.29) is 29.2 Å². The predicted molar refractivity (Wildman–Crippen MR) is 137 cm³/mol. The Morgan fingerprint density at radius 2 is 1.74 bits per heavy atom. The van der Waals surface area contributed by atoms with Crippen molar-refractivity contribution < 1.29 is 14.4 Å². The first kappa shape index (κ1) is 23.0. The van der Waals surface area contributed by atoms with Crippen LogP contribution in [0.3, 0.4) is 0 Å². The lowest BCUT2D eigenvalue weighted by Gasteiger charge is -2.31. The molecule has 0 saturated heterocycles. The Morgan fingerprint density at radius 3 is 2.46 bits per heavy atom. The summed E-state index contributed by atoms with van der Waals surface area (Å²) < 4.78 is 0. The fraction of sp³-hybridized carbons (Fsp3) is 0.300. The minimum Gasteiger partial charge on any atom is -0.344 e. The van der Waals surface area contributed by atoms with E-state index in [9.17, 15) is 14.4 Å². The number of nitrogens with zero attached hydrogens (tertiary/aromatic N) is 2. The maximum atomic E-state index is 13.6. The molecule has 0 fully saturated rings. The van der Waals surface area contributed by atoms with E-state index in [1.54, 1.807) is 6.92 Å². The molecular weight excluding hydrogens is 436 g/mol. The molecule has 5 rings (SSSR count). The number of imide groups is 1. The Bertz CT molecular complexity index is 1340. The maximum absolute atomic E-state index is 13.6. The van der Waals surface area contributed by atoms with Crippen LogP contribution in [0.4, 0.5) is 5.69 Å². The summed E-state index contributed by atoms with van der Waals surface area (Å²) in [6.45, 7) is 8.57. The molecule has 3 aliphatic heterocycles. The maximum Gasteiger partial charge on any atom is 0.264 e. The van der Waals surface area contributed by atoms with Crippen LogP contribution in [0.2, 0.25) is 0 Å². The van der Waals surface area contributed by atoms with Crippen molar-refractivity contribution in [2.24, 2.45) is 0 Å². The summed E-state index contributed by atoms with van der Waals surface area (Å²) in [7, 11) is 0. The standard InChI is InChI=1S/C30H30N2O3/c1-19-23(28(34)32(29(35)26(19)20(2)33)18-21-10-6-5-7-11-21)15-16-25-30(3,4)24-14-8-12-22-13-9-17-31(25)27(22)24/h5-8,10-12,14-16H,9,13,17-18H2,1-4H3/b23-15-,25-16+. The second-order valence-electron chi connectivity index (χ2n) is 10.1. The van der Waals surface area contributed by atoms with Gasteiger partial charge in [-0.25, -0.2) is 0 Å². The number of Topliss-reactive ketones (excluding diaryl/α,β-unsaturated/α-hetero) is 1. The zero-order valence-corrected chi connectivity index (χ0v) is 20.7. The van der Waals surface area contributed by atoms with Crippen LogP contribution in [-0.4, -0.2) is 29.0 Å². The topological polar surface area (TPSA) is 57.7 Å². The molecule has 2 aromatic carbocycles. The molecule has 0 aromatic heterocycles. The first-order valence-corrected chi connectivity index (χ1v) is 12.2. The van der Waals surface area contributed by atoms with E-state index in [0.717, 1.165) is 30.6 Å². The second-order valence-corrected chi connectivity index (χ2v) is 10.1. The molecule has 5 heteroatoms. The van der Waals surface area contributed by atoms with Crippen LogP contribution in [0.15, 0.2) is 83.1 Å². The highest BCUT2D eigenvalue weighted by molar-refractivity contribution is 6.28. The number of hydrogen-bond acceptors (Lipinski definition) is 4. The van der Waals surface area contributed by atoms with E-state index >= 15 is 0 Å². The number of benzene rings is 2. The monoisotopic (exact) mass is 466 g/mol. The van der Waals surface area contributed by atoms with Crippen molar-refractivity contribution in [1.29, 1.82) is 0 Å². The summed E-state index contributed by atoms with van der Waals surface area (Å²) in [5.74, 6) is -1.22. The Kier molecular flexibility index (Phi) is 5.59. The van der Waals surface area contributed by atoms with Gasteiger partial charge in [-0.2, -0.15) is 0 Å². The lowest BCUT2D eigenvalue weighted by Crippen LogP contribution is -2.43. The fourth-order valence-corrected chi connectivity index (χ4v) is 5.68. The molecule has 0 aliphatic carbocycles. The molecule has 0 radical (unpaired) electrons. The van der Waals surface area contributed by atoms with Crippen molar-refractivity contribution in [1.82, 2.24) is 4.90 Å². The van der Waals surface area contributed by atoms with Gasteiger partial charge in [0.05, 0.1) is 12.1 Å². The first-order valence-electron chi connectivity index (χ1n) is 12.2. The van der Waals surface area contributed by atoms with Gasteiger partial charge in [0.1, 0.15) is 0 Å². The summed E-state index contributed by atoms with van der Waals surface area (Å²) >= 11 is 0. The van der Waals surface area contributed by atoms with Crippen molar-refractivity contribution >= 4 is 23.3 Å². The minimum atomic E-state index is -0.525. The first-order chi connectivity index (χ1) is 16.7. The van der Waals surface area contributed by atoms with Gasteiger partial charge in [0.2, 0.25) is 0 Å². The summed E-state index contributed by atoms with van der Waals surface area (Å²) in [6.07, 6.45) is 5.97. The number of para-hydroxylation sites is 1. The second kappa shape index (κ2) is 8.49. The largest absolute Gasteiger partial charge is 0.344 e. The predicted octanol–water partition coefficient (Wildman–Crippen LogP) is 5.02. The molecule has 178 valence electrons. The average Bonchev–Trinajstić information content (AvgIpc) is 3.05. The summed E-state index contributed by atoms with van der Waals surface area (Å²) in [5, 5.41) is 0. The molecule has 3 aliphatic rings. The van der Waals surface area contributed by atoms with Gasteiger partial charge in [-0.1, -0.05) is 62.4 Å². The molecule has 0 bridgehead atoms. The van der Waals surface area contributed by atoms with Crippen LogP contribution >= 0.6 is 0 Å². The molecule has 0 N–H and O–H groups in total. The van der Waals surface area contributed by atoms with Crippen LogP contribution in [0, 0.1) is 0 Å². The van der Waals surface area contributed by atoms with Gasteiger partial charge in [0.25, 0.3) is 11.8 Å². The summed E-state index contributed by atoms with van der Waals surface area (Å²) in [5.41, 5.74) is 6.62. The molecule has 2 aromatic rings. The van der Waals surface area contributed by atoms with Gasteiger partial charge >= 0.3 is 0 Å². The highest BCUT2D eigenvalue weighted by Crippen LogP contribution is 2.51. The normalized spacial score (nSPS) is 21.3. The number of rotatable bonds is 4. The number of aryl methyl sites for hydroxylation is 1. The molecule has 3 heterocycles. The van der Waals surface area contributed by atoms with Crippen LogP contribution in [-0.2, 0) is 32.8 Å². The molecule has 2 amide bonds. The summed E-state index contributed by atoms with van der Waals surface area (Å²) in [4.78, 5) is 42.8. The van der Waals surface area contributed by atoms with Crippen molar-refractivity contribution in [3.05, 3.63) is 99.8 Å². The Hall–Kier alpha value is -3.73. The van der Waals surface area contributed by atoms with Crippen LogP contribution in [0.1, 0.15) is 50.8 Å². The highest BCUT2D eigenvalue weighted by atomic mass is 16.2. The molecule has 0 atom stereocenters. The molecule has 0 saturated carbocycles. The van der Waals surface area contributed by atoms with Gasteiger partial charge in [0.15, 0.2) is 5.78 Å². The van der Waals surface area contributed by atoms with Crippen molar-refractivity contribution in [3.8, 4) is 0 Å². The number of amides is 2.